The van der Waals surface area contributed by atoms with Crippen LogP contribution in [0.2, 0.25) is 5.02 Å². The molecule has 2 fully saturated rings. The number of ether oxygens (including phenoxy) is 2. The minimum Gasteiger partial charge on any atom is -0.493 e. The normalized spacial score (nSPS) is 25.8. The molecule has 8 heteroatoms. The molecule has 164 valence electrons. The summed E-state index contributed by atoms with van der Waals surface area (Å²) in [7, 11) is 1.55. The molecule has 0 radical (unpaired) electrons. The van der Waals surface area contributed by atoms with E-state index in [4.69, 9.17) is 21.1 Å². The third kappa shape index (κ3) is 3.63. The summed E-state index contributed by atoms with van der Waals surface area (Å²) in [5.74, 6) is 0.433. The van der Waals surface area contributed by atoms with Crippen LogP contribution in [0.5, 0.6) is 11.5 Å². The fourth-order valence-corrected chi connectivity index (χ4v) is 5.52. The van der Waals surface area contributed by atoms with Gasteiger partial charge in [-0.1, -0.05) is 35.9 Å². The van der Waals surface area contributed by atoms with E-state index in [-0.39, 0.29) is 35.5 Å². The molecule has 0 spiro atoms. The second kappa shape index (κ2) is 8.37. The van der Waals surface area contributed by atoms with E-state index in [9.17, 15) is 9.59 Å². The Morgan fingerprint density at radius 2 is 1.78 bits per heavy atom. The lowest BCUT2D eigenvalue weighted by Gasteiger charge is -2.14. The molecule has 3 aliphatic rings. The van der Waals surface area contributed by atoms with Gasteiger partial charge in [-0.2, -0.15) is 10.1 Å². The van der Waals surface area contributed by atoms with Gasteiger partial charge >= 0.3 is 0 Å². The maximum atomic E-state index is 12.8. The summed E-state index contributed by atoms with van der Waals surface area (Å²) < 4.78 is 12.1. The van der Waals surface area contributed by atoms with Crippen molar-refractivity contribution in [2.75, 3.05) is 7.11 Å². The minimum absolute atomic E-state index is 0.160. The summed E-state index contributed by atoms with van der Waals surface area (Å²) in [6, 6.07) is 11.0. The van der Waals surface area contributed by atoms with Crippen LogP contribution >= 0.6 is 27.5 Å². The summed E-state index contributed by atoms with van der Waals surface area (Å²) in [6.07, 6.45) is 6.53. The number of halogens is 2. The molecule has 4 atom stereocenters. The first-order valence-electron chi connectivity index (χ1n) is 10.3. The van der Waals surface area contributed by atoms with Gasteiger partial charge in [0.25, 0.3) is 11.8 Å². The van der Waals surface area contributed by atoms with Gasteiger partial charge in [0.1, 0.15) is 6.61 Å². The van der Waals surface area contributed by atoms with E-state index in [2.05, 4.69) is 33.2 Å². The molecule has 0 N–H and O–H groups in total. The Hall–Kier alpha value is -2.64. The fraction of sp³-hybridized carbons (Fsp3) is 0.292. The number of rotatable bonds is 6. The Balaban J connectivity index is 1.33. The van der Waals surface area contributed by atoms with Gasteiger partial charge in [-0.3, -0.25) is 9.59 Å². The molecule has 2 bridgehead atoms. The zero-order chi connectivity index (χ0) is 22.4. The Labute approximate surface area is 199 Å². The number of amides is 2. The highest BCUT2D eigenvalue weighted by Gasteiger charge is 2.59. The number of carbonyl (C=O) groups excluding carboxylic acids is 2. The van der Waals surface area contributed by atoms with Gasteiger partial charge in [0.2, 0.25) is 0 Å². The molecular weight excluding hydrogens is 496 g/mol. The molecule has 32 heavy (non-hydrogen) atoms. The predicted molar refractivity (Wildman–Crippen MR) is 124 cm³/mol. The molecule has 1 aliphatic heterocycles. The van der Waals surface area contributed by atoms with Gasteiger partial charge in [-0.05, 0) is 69.6 Å². The minimum atomic E-state index is -0.264. The van der Waals surface area contributed by atoms with Crippen molar-refractivity contribution in [3.63, 3.8) is 0 Å². The van der Waals surface area contributed by atoms with Crippen LogP contribution in [0.15, 0.2) is 58.1 Å². The molecule has 0 aromatic heterocycles. The largest absolute Gasteiger partial charge is 0.493 e. The zero-order valence-electron chi connectivity index (χ0n) is 17.2. The van der Waals surface area contributed by atoms with Gasteiger partial charge < -0.3 is 9.47 Å². The van der Waals surface area contributed by atoms with Gasteiger partial charge in [0, 0.05) is 5.02 Å². The van der Waals surface area contributed by atoms with Crippen molar-refractivity contribution in [1.29, 1.82) is 0 Å². The van der Waals surface area contributed by atoms with Crippen molar-refractivity contribution in [2.45, 2.75) is 13.0 Å². The Kier molecular flexibility index (Phi) is 5.55. The molecule has 6 nitrogen and oxygen atoms in total. The number of benzene rings is 2. The number of imide groups is 1. The van der Waals surface area contributed by atoms with Crippen molar-refractivity contribution in [3.8, 4) is 11.5 Å². The maximum absolute atomic E-state index is 12.8. The van der Waals surface area contributed by atoms with Crippen molar-refractivity contribution in [3.05, 3.63) is 69.2 Å². The number of hydrogen-bond donors (Lipinski definition) is 0. The van der Waals surface area contributed by atoms with Crippen LogP contribution in [-0.2, 0) is 16.2 Å². The lowest BCUT2D eigenvalue weighted by molar-refractivity contribution is -0.140. The number of methoxy groups -OCH3 is 1. The van der Waals surface area contributed by atoms with Gasteiger partial charge in [0.15, 0.2) is 11.5 Å². The van der Waals surface area contributed by atoms with Crippen LogP contribution in [0.1, 0.15) is 17.5 Å². The van der Waals surface area contributed by atoms with Gasteiger partial charge in [0.05, 0.1) is 29.6 Å². The molecule has 2 amide bonds. The standard InChI is InChI=1S/C24H20BrClN2O4/c1-31-19-9-14(8-18(25)22(19)32-12-13-2-6-17(26)7-3-13)11-27-28-23(29)20-15-4-5-16(10-15)21(20)24(28)30/h2-9,11,15-16,20-21H,10,12H2,1H3/b27-11-/t15-,16-,20-,21-/m0/s1. The number of carbonyl (C=O) groups is 2. The highest BCUT2D eigenvalue weighted by Crippen LogP contribution is 2.52. The lowest BCUT2D eigenvalue weighted by atomic mass is 9.85. The highest BCUT2D eigenvalue weighted by atomic mass is 79.9. The quantitative estimate of drug-likeness (QED) is 0.314. The van der Waals surface area contributed by atoms with Crippen LogP contribution in [-0.4, -0.2) is 30.1 Å². The molecule has 2 aromatic carbocycles. The first-order chi connectivity index (χ1) is 15.5. The number of hydrogen-bond acceptors (Lipinski definition) is 5. The maximum Gasteiger partial charge on any atom is 0.254 e. The number of nitrogens with zero attached hydrogens (tertiary/aromatic N) is 2. The van der Waals surface area contributed by atoms with E-state index in [1.807, 2.05) is 24.3 Å². The van der Waals surface area contributed by atoms with E-state index >= 15 is 0 Å². The number of hydrazone groups is 1. The first-order valence-corrected chi connectivity index (χ1v) is 11.5. The summed E-state index contributed by atoms with van der Waals surface area (Å²) in [5, 5.41) is 5.93. The van der Waals surface area contributed by atoms with Gasteiger partial charge in [-0.15, -0.1) is 0 Å². The van der Waals surface area contributed by atoms with E-state index < -0.39 is 0 Å². The Bertz CT molecular complexity index is 1120. The summed E-state index contributed by atoms with van der Waals surface area (Å²) in [4.78, 5) is 25.6. The molecule has 1 saturated heterocycles. The van der Waals surface area contributed by atoms with E-state index in [1.54, 1.807) is 19.2 Å². The Morgan fingerprint density at radius 1 is 1.12 bits per heavy atom. The number of fused-ring (bicyclic) bond motifs is 5. The Morgan fingerprint density at radius 3 is 2.41 bits per heavy atom. The topological polar surface area (TPSA) is 68.2 Å². The van der Waals surface area contributed by atoms with Crippen LogP contribution in [0.4, 0.5) is 0 Å². The first kappa shape index (κ1) is 21.2. The van der Waals surface area contributed by atoms with Crippen LogP contribution < -0.4 is 9.47 Å². The van der Waals surface area contributed by atoms with Crippen LogP contribution in [0.3, 0.4) is 0 Å². The molecule has 2 aliphatic carbocycles. The molecule has 2 aromatic rings. The summed E-state index contributed by atoms with van der Waals surface area (Å²) in [6.45, 7) is 0.343. The molecule has 5 rings (SSSR count). The van der Waals surface area contributed by atoms with Crippen molar-refractivity contribution in [2.24, 2.45) is 28.8 Å². The predicted octanol–water partition coefficient (Wildman–Crippen LogP) is 4.83. The second-order valence-electron chi connectivity index (χ2n) is 8.18. The smallest absolute Gasteiger partial charge is 0.254 e. The van der Waals surface area contributed by atoms with Crippen LogP contribution in [0.25, 0.3) is 0 Å². The summed E-state index contributed by atoms with van der Waals surface area (Å²) in [5.41, 5.74) is 1.64. The second-order valence-corrected chi connectivity index (χ2v) is 9.47. The highest BCUT2D eigenvalue weighted by molar-refractivity contribution is 9.10. The molecular formula is C24H20BrClN2O4. The van der Waals surface area contributed by atoms with E-state index in [1.165, 1.54) is 6.21 Å². The molecule has 1 saturated carbocycles. The van der Waals surface area contributed by atoms with Gasteiger partial charge in [-0.25, -0.2) is 0 Å². The van der Waals surface area contributed by atoms with Crippen LogP contribution in [0, 0.1) is 23.7 Å². The van der Waals surface area contributed by atoms with E-state index in [0.29, 0.717) is 33.2 Å². The van der Waals surface area contributed by atoms with Crippen molar-refractivity contribution >= 4 is 45.6 Å². The zero-order valence-corrected chi connectivity index (χ0v) is 19.5. The van der Waals surface area contributed by atoms with E-state index in [0.717, 1.165) is 17.0 Å². The van der Waals surface area contributed by atoms with Crippen molar-refractivity contribution < 1.29 is 19.1 Å². The number of allylic oxidation sites excluding steroid dienone is 2. The third-order valence-electron chi connectivity index (χ3n) is 6.32. The average Bonchev–Trinajstić information content (AvgIpc) is 3.46. The average molecular weight is 516 g/mol. The monoisotopic (exact) mass is 514 g/mol. The third-order valence-corrected chi connectivity index (χ3v) is 7.16. The summed E-state index contributed by atoms with van der Waals surface area (Å²) >= 11 is 9.45. The molecule has 1 heterocycles. The molecule has 0 unspecified atom stereocenters. The SMILES string of the molecule is COc1cc(/C=N\N2C(=O)[C@@H]3[C@@H](C2=O)[C@H]2C=C[C@H]3C2)cc(Br)c1OCc1ccc(Cl)cc1. The lowest BCUT2D eigenvalue weighted by Crippen LogP contribution is -2.28. The fourth-order valence-electron chi connectivity index (χ4n) is 4.82. The van der Waals surface area contributed by atoms with Crippen molar-refractivity contribution in [1.82, 2.24) is 5.01 Å².